The number of H-pyrrole nitrogens is 1. The van der Waals surface area contributed by atoms with E-state index in [1.54, 1.807) is 9.42 Å². The van der Waals surface area contributed by atoms with Crippen LogP contribution in [-0.4, -0.2) is 65.5 Å². The number of likely N-dealkylation sites (tertiary alicyclic amines) is 1. The zero-order valence-corrected chi connectivity index (χ0v) is 17.3. The lowest BCUT2D eigenvalue weighted by Gasteiger charge is -2.33. The van der Waals surface area contributed by atoms with Crippen LogP contribution in [0.2, 0.25) is 0 Å². The predicted octanol–water partition coefficient (Wildman–Crippen LogP) is 1.89. The maximum absolute atomic E-state index is 12.3. The molecule has 1 saturated heterocycles. The number of amides is 1. The highest BCUT2D eigenvalue weighted by molar-refractivity contribution is 5.84. The predicted molar refractivity (Wildman–Crippen MR) is 106 cm³/mol. The number of ether oxygens (including phenoxy) is 1. The van der Waals surface area contributed by atoms with Crippen LogP contribution in [0.1, 0.15) is 55.8 Å². The number of carboxylic acid groups (broad SMARTS) is 1. The van der Waals surface area contributed by atoms with E-state index in [1.807, 2.05) is 20.8 Å². The monoisotopic (exact) mass is 430 g/mol. The van der Waals surface area contributed by atoms with Gasteiger partial charge in [0, 0.05) is 25.1 Å². The third kappa shape index (κ3) is 4.13. The van der Waals surface area contributed by atoms with Gasteiger partial charge in [-0.3, -0.25) is 4.79 Å². The molecule has 1 aliphatic rings. The van der Waals surface area contributed by atoms with Crippen LogP contribution in [0.5, 0.6) is 0 Å². The number of aromatic carboxylic acids is 1. The topological polar surface area (TPSA) is 156 Å². The smallest absolute Gasteiger partial charge is 0.410 e. The second kappa shape index (κ2) is 7.52. The van der Waals surface area contributed by atoms with Crippen molar-refractivity contribution in [2.45, 2.75) is 45.1 Å². The molecule has 0 unspecified atom stereocenters. The average molecular weight is 430 g/mol. The molecular formula is C19H22N6O6. The van der Waals surface area contributed by atoms with Gasteiger partial charge in [0.1, 0.15) is 16.8 Å². The highest BCUT2D eigenvalue weighted by atomic mass is 16.6. The lowest BCUT2D eigenvalue weighted by molar-refractivity contribution is 0.0203. The quantitative estimate of drug-likeness (QED) is 0.633. The van der Waals surface area contributed by atoms with Gasteiger partial charge in [-0.1, -0.05) is 0 Å². The molecule has 0 bridgehead atoms. The van der Waals surface area contributed by atoms with E-state index in [-0.39, 0.29) is 23.5 Å². The minimum Gasteiger partial charge on any atom is -0.475 e. The molecule has 31 heavy (non-hydrogen) atoms. The van der Waals surface area contributed by atoms with E-state index >= 15 is 0 Å². The van der Waals surface area contributed by atoms with E-state index in [4.69, 9.17) is 14.4 Å². The average Bonchev–Trinajstić information content (AvgIpc) is 3.33. The fourth-order valence-electron chi connectivity index (χ4n) is 3.56. The number of piperidine rings is 1. The van der Waals surface area contributed by atoms with E-state index in [1.165, 1.54) is 12.3 Å². The Labute approximate surface area is 175 Å². The molecule has 0 aromatic carbocycles. The van der Waals surface area contributed by atoms with Crippen molar-refractivity contribution in [3.63, 3.8) is 0 Å². The Morgan fingerprint density at radius 2 is 2.00 bits per heavy atom. The van der Waals surface area contributed by atoms with Gasteiger partial charge in [-0.05, 0) is 38.8 Å². The molecule has 12 nitrogen and oxygen atoms in total. The molecule has 1 aliphatic heterocycles. The summed E-state index contributed by atoms with van der Waals surface area (Å²) in [5, 5.41) is 16.7. The number of hydrogen-bond acceptors (Lipinski definition) is 8. The van der Waals surface area contributed by atoms with Gasteiger partial charge in [0.15, 0.2) is 0 Å². The summed E-state index contributed by atoms with van der Waals surface area (Å²) >= 11 is 0. The summed E-state index contributed by atoms with van der Waals surface area (Å²) in [4.78, 5) is 43.8. The number of hydrogen-bond donors (Lipinski definition) is 2. The molecule has 164 valence electrons. The minimum absolute atomic E-state index is 0.00602. The van der Waals surface area contributed by atoms with E-state index < -0.39 is 17.4 Å². The van der Waals surface area contributed by atoms with Crippen LogP contribution in [0, 0.1) is 0 Å². The maximum atomic E-state index is 12.3. The standard InChI is InChI=1S/C19H22N6O6/c1-19(2,3)30-18(29)24-6-4-10(5-7-24)12-8-13(26)21-15-11(9-20-25(12)15)16-22-14(17(27)28)23-31-16/h8-10H,4-7H2,1-3H3,(H,21,26)(H,27,28). The number of nitrogens with zero attached hydrogens (tertiary/aromatic N) is 5. The summed E-state index contributed by atoms with van der Waals surface area (Å²) in [6, 6.07) is 1.48. The van der Waals surface area contributed by atoms with Crippen molar-refractivity contribution in [1.82, 2.24) is 29.6 Å². The van der Waals surface area contributed by atoms with Crippen LogP contribution in [0.25, 0.3) is 17.1 Å². The van der Waals surface area contributed by atoms with Gasteiger partial charge in [0.25, 0.3) is 17.3 Å². The van der Waals surface area contributed by atoms with E-state index in [2.05, 4.69) is 20.2 Å². The first-order chi connectivity index (χ1) is 14.6. The van der Waals surface area contributed by atoms with Gasteiger partial charge in [0.05, 0.1) is 11.9 Å². The number of aromatic amines is 1. The highest BCUT2D eigenvalue weighted by Gasteiger charge is 2.29. The molecule has 0 saturated carbocycles. The number of carbonyl (C=O) groups excluding carboxylic acids is 1. The van der Waals surface area contributed by atoms with Gasteiger partial charge in [0.2, 0.25) is 0 Å². The number of carboxylic acids is 1. The van der Waals surface area contributed by atoms with Crippen molar-refractivity contribution < 1.29 is 24.0 Å². The fourth-order valence-corrected chi connectivity index (χ4v) is 3.56. The van der Waals surface area contributed by atoms with Crippen LogP contribution in [0.15, 0.2) is 21.6 Å². The summed E-state index contributed by atoms with van der Waals surface area (Å²) in [7, 11) is 0. The van der Waals surface area contributed by atoms with Crippen LogP contribution in [-0.2, 0) is 4.74 Å². The Morgan fingerprint density at radius 1 is 1.29 bits per heavy atom. The first-order valence-electron chi connectivity index (χ1n) is 9.78. The second-order valence-corrected chi connectivity index (χ2v) is 8.35. The molecule has 4 rings (SSSR count). The Morgan fingerprint density at radius 3 is 2.61 bits per heavy atom. The van der Waals surface area contributed by atoms with Gasteiger partial charge < -0.3 is 24.3 Å². The molecule has 0 atom stereocenters. The molecule has 0 radical (unpaired) electrons. The molecule has 4 heterocycles. The summed E-state index contributed by atoms with van der Waals surface area (Å²) in [6.07, 6.45) is 2.35. The van der Waals surface area contributed by atoms with E-state index in [0.717, 1.165) is 0 Å². The first-order valence-corrected chi connectivity index (χ1v) is 9.78. The van der Waals surface area contributed by atoms with Crippen molar-refractivity contribution in [1.29, 1.82) is 0 Å². The molecule has 1 fully saturated rings. The number of carbonyl (C=O) groups is 2. The molecule has 12 heteroatoms. The zero-order chi connectivity index (χ0) is 22.3. The third-order valence-electron chi connectivity index (χ3n) is 4.95. The first kappa shape index (κ1) is 20.6. The Balaban J connectivity index is 1.59. The van der Waals surface area contributed by atoms with Crippen molar-refractivity contribution in [3.8, 4) is 11.5 Å². The summed E-state index contributed by atoms with van der Waals surface area (Å²) in [6.45, 7) is 6.45. The summed E-state index contributed by atoms with van der Waals surface area (Å²) < 4.78 is 12.0. The van der Waals surface area contributed by atoms with Gasteiger partial charge in [-0.25, -0.2) is 14.1 Å². The second-order valence-electron chi connectivity index (χ2n) is 8.35. The van der Waals surface area contributed by atoms with Crippen LogP contribution >= 0.6 is 0 Å². The lowest BCUT2D eigenvalue weighted by Crippen LogP contribution is -2.41. The van der Waals surface area contributed by atoms with Gasteiger partial charge in [-0.2, -0.15) is 10.1 Å². The zero-order valence-electron chi connectivity index (χ0n) is 17.3. The van der Waals surface area contributed by atoms with E-state index in [0.29, 0.717) is 42.8 Å². The molecule has 3 aromatic heterocycles. The Bertz CT molecular complexity index is 1190. The fraction of sp³-hybridized carbons (Fsp3) is 0.474. The highest BCUT2D eigenvalue weighted by Crippen LogP contribution is 2.30. The Hall–Kier alpha value is -3.70. The molecule has 3 aromatic rings. The molecular weight excluding hydrogens is 408 g/mol. The Kier molecular flexibility index (Phi) is 4.99. The number of nitrogens with one attached hydrogen (secondary N) is 1. The third-order valence-corrected chi connectivity index (χ3v) is 4.95. The van der Waals surface area contributed by atoms with E-state index in [9.17, 15) is 14.4 Å². The molecule has 0 aliphatic carbocycles. The van der Waals surface area contributed by atoms with Crippen LogP contribution in [0.4, 0.5) is 4.79 Å². The van der Waals surface area contributed by atoms with Crippen molar-refractivity contribution in [2.24, 2.45) is 0 Å². The lowest BCUT2D eigenvalue weighted by atomic mass is 9.93. The van der Waals surface area contributed by atoms with Crippen LogP contribution < -0.4 is 5.56 Å². The van der Waals surface area contributed by atoms with Gasteiger partial charge in [-0.15, -0.1) is 0 Å². The van der Waals surface area contributed by atoms with Crippen molar-refractivity contribution >= 4 is 17.7 Å². The van der Waals surface area contributed by atoms with Gasteiger partial charge >= 0.3 is 12.1 Å². The number of rotatable bonds is 3. The normalized spacial score (nSPS) is 15.4. The SMILES string of the molecule is CC(C)(C)OC(=O)N1CCC(c2cc(=O)[nH]c3c(-c4nc(C(=O)O)no4)cnn23)CC1. The number of fused-ring (bicyclic) bond motifs is 1. The molecule has 1 amide bonds. The largest absolute Gasteiger partial charge is 0.475 e. The van der Waals surface area contributed by atoms with Crippen LogP contribution in [0.3, 0.4) is 0 Å². The van der Waals surface area contributed by atoms with Crippen molar-refractivity contribution in [3.05, 3.63) is 34.1 Å². The minimum atomic E-state index is -1.32. The molecule has 2 N–H and O–H groups in total. The molecule has 0 spiro atoms. The summed E-state index contributed by atoms with van der Waals surface area (Å²) in [5.74, 6) is -1.87. The summed E-state index contributed by atoms with van der Waals surface area (Å²) in [5.41, 5.74) is 0.444. The maximum Gasteiger partial charge on any atom is 0.410 e. The van der Waals surface area contributed by atoms with Crippen molar-refractivity contribution in [2.75, 3.05) is 13.1 Å². The number of aromatic nitrogens is 5.